The largest absolute Gasteiger partial charge is 0.458 e. The van der Waals surface area contributed by atoms with Crippen LogP contribution in [0, 0.1) is 5.92 Å². The topological polar surface area (TPSA) is 26.3 Å². The molecule has 1 aliphatic rings. The molecule has 0 radical (unpaired) electrons. The summed E-state index contributed by atoms with van der Waals surface area (Å²) in [4.78, 5) is 11.3. The van der Waals surface area contributed by atoms with Gasteiger partial charge in [0.05, 0.1) is 8.07 Å². The number of esters is 1. The molecule has 0 spiro atoms. The zero-order valence-electron chi connectivity index (χ0n) is 13.2. The summed E-state index contributed by atoms with van der Waals surface area (Å²) in [7, 11) is -1.14. The normalized spacial score (nSPS) is 21.3. The standard InChI is InChI=1S/C16H30O2Si/c1-13(19(3,4)5)11-12-16(18-14(2)17)15-9-7-6-8-10-15/h11-13,15-16H,6-10H2,1-5H3/b12-11-/t13-,16-/m1/s1. The summed E-state index contributed by atoms with van der Waals surface area (Å²) in [6.07, 6.45) is 10.7. The van der Waals surface area contributed by atoms with Gasteiger partial charge in [0.1, 0.15) is 6.10 Å². The summed E-state index contributed by atoms with van der Waals surface area (Å²) in [6.45, 7) is 10.9. The number of hydrogen-bond acceptors (Lipinski definition) is 2. The average molecular weight is 282 g/mol. The van der Waals surface area contributed by atoms with Crippen LogP contribution in [0.1, 0.15) is 46.0 Å². The van der Waals surface area contributed by atoms with E-state index in [0.717, 1.165) is 0 Å². The average Bonchev–Trinajstić information content (AvgIpc) is 2.33. The first-order valence-electron chi connectivity index (χ1n) is 7.66. The molecule has 0 unspecified atom stereocenters. The van der Waals surface area contributed by atoms with E-state index in [0.29, 0.717) is 11.5 Å². The van der Waals surface area contributed by atoms with Crippen LogP contribution < -0.4 is 0 Å². The maximum Gasteiger partial charge on any atom is 0.303 e. The number of ether oxygens (including phenoxy) is 1. The van der Waals surface area contributed by atoms with Gasteiger partial charge in [0, 0.05) is 6.92 Å². The van der Waals surface area contributed by atoms with Crippen LogP contribution in [0.5, 0.6) is 0 Å². The van der Waals surface area contributed by atoms with Gasteiger partial charge in [-0.05, 0) is 30.4 Å². The molecule has 0 aromatic rings. The van der Waals surface area contributed by atoms with Crippen LogP contribution in [0.2, 0.25) is 25.2 Å². The van der Waals surface area contributed by atoms with Crippen LogP contribution in [0.4, 0.5) is 0 Å². The summed E-state index contributed by atoms with van der Waals surface area (Å²) in [5, 5.41) is 0. The van der Waals surface area contributed by atoms with E-state index in [9.17, 15) is 4.79 Å². The Labute approximate surface area is 119 Å². The molecule has 110 valence electrons. The first-order valence-corrected chi connectivity index (χ1v) is 11.2. The van der Waals surface area contributed by atoms with Crippen molar-refractivity contribution in [3.8, 4) is 0 Å². The highest BCUT2D eigenvalue weighted by atomic mass is 28.3. The van der Waals surface area contributed by atoms with E-state index in [1.165, 1.54) is 39.0 Å². The summed E-state index contributed by atoms with van der Waals surface area (Å²) >= 11 is 0. The van der Waals surface area contributed by atoms with Gasteiger partial charge in [-0.25, -0.2) is 0 Å². The molecule has 1 fully saturated rings. The minimum atomic E-state index is -1.14. The van der Waals surface area contributed by atoms with Gasteiger partial charge in [0.15, 0.2) is 0 Å². The van der Waals surface area contributed by atoms with E-state index in [4.69, 9.17) is 4.74 Å². The molecule has 1 rings (SSSR count). The van der Waals surface area contributed by atoms with E-state index in [-0.39, 0.29) is 12.1 Å². The molecule has 0 heterocycles. The van der Waals surface area contributed by atoms with Crippen molar-refractivity contribution in [1.29, 1.82) is 0 Å². The predicted molar refractivity (Wildman–Crippen MR) is 84.0 cm³/mol. The fraction of sp³-hybridized carbons (Fsp3) is 0.812. The number of rotatable bonds is 5. The van der Waals surface area contributed by atoms with E-state index < -0.39 is 8.07 Å². The maximum absolute atomic E-state index is 11.3. The van der Waals surface area contributed by atoms with Crippen molar-refractivity contribution < 1.29 is 9.53 Å². The molecule has 0 aromatic carbocycles. The lowest BCUT2D eigenvalue weighted by Gasteiger charge is -2.29. The van der Waals surface area contributed by atoms with Crippen LogP contribution in [0.25, 0.3) is 0 Å². The van der Waals surface area contributed by atoms with Crippen molar-refractivity contribution >= 4 is 14.0 Å². The molecule has 0 aliphatic heterocycles. The predicted octanol–water partition coefficient (Wildman–Crippen LogP) is 4.78. The Hall–Kier alpha value is -0.573. The first-order chi connectivity index (χ1) is 8.80. The van der Waals surface area contributed by atoms with Crippen molar-refractivity contribution in [2.45, 2.75) is 77.2 Å². The van der Waals surface area contributed by atoms with Crippen molar-refractivity contribution in [2.75, 3.05) is 0 Å². The summed E-state index contributed by atoms with van der Waals surface area (Å²) in [5.74, 6) is 0.378. The minimum absolute atomic E-state index is 0.00315. The zero-order chi connectivity index (χ0) is 14.5. The highest BCUT2D eigenvalue weighted by Crippen LogP contribution is 2.30. The molecule has 0 amide bonds. The number of allylic oxidation sites excluding steroid dienone is 1. The Bertz CT molecular complexity index is 311. The van der Waals surface area contributed by atoms with E-state index in [1.54, 1.807) is 0 Å². The molecule has 0 bridgehead atoms. The van der Waals surface area contributed by atoms with Gasteiger partial charge in [-0.1, -0.05) is 51.9 Å². The second-order valence-corrected chi connectivity index (χ2v) is 12.7. The van der Waals surface area contributed by atoms with Crippen LogP contribution in [0.3, 0.4) is 0 Å². The Balaban J connectivity index is 2.68. The minimum Gasteiger partial charge on any atom is -0.458 e. The van der Waals surface area contributed by atoms with Gasteiger partial charge in [-0.3, -0.25) is 4.79 Å². The summed E-state index contributed by atoms with van der Waals surface area (Å²) in [5.41, 5.74) is 0.620. The lowest BCUT2D eigenvalue weighted by atomic mass is 9.85. The summed E-state index contributed by atoms with van der Waals surface area (Å²) < 4.78 is 5.54. The van der Waals surface area contributed by atoms with Gasteiger partial charge in [0.25, 0.3) is 0 Å². The highest BCUT2D eigenvalue weighted by Gasteiger charge is 2.25. The maximum atomic E-state index is 11.3. The molecular formula is C16H30O2Si. The Morgan fingerprint density at radius 2 is 1.74 bits per heavy atom. The lowest BCUT2D eigenvalue weighted by molar-refractivity contribution is -0.146. The van der Waals surface area contributed by atoms with E-state index >= 15 is 0 Å². The number of carbonyl (C=O) groups is 1. The molecule has 1 aliphatic carbocycles. The highest BCUT2D eigenvalue weighted by molar-refractivity contribution is 6.77. The second-order valence-electron chi connectivity index (χ2n) is 7.01. The van der Waals surface area contributed by atoms with Gasteiger partial charge in [-0.15, -0.1) is 0 Å². The first kappa shape index (κ1) is 16.5. The Kier molecular flexibility index (Phi) is 6.31. The van der Waals surface area contributed by atoms with Gasteiger partial charge in [-0.2, -0.15) is 0 Å². The smallest absolute Gasteiger partial charge is 0.303 e. The van der Waals surface area contributed by atoms with Crippen molar-refractivity contribution in [3.63, 3.8) is 0 Å². The van der Waals surface area contributed by atoms with Crippen LogP contribution in [-0.4, -0.2) is 20.1 Å². The Morgan fingerprint density at radius 3 is 2.21 bits per heavy atom. The van der Waals surface area contributed by atoms with Crippen LogP contribution in [-0.2, 0) is 9.53 Å². The summed E-state index contributed by atoms with van der Waals surface area (Å²) in [6, 6.07) is 0. The lowest BCUT2D eigenvalue weighted by Crippen LogP contribution is -2.28. The molecule has 3 heteroatoms. The third-order valence-corrected chi connectivity index (χ3v) is 7.30. The Morgan fingerprint density at radius 1 is 1.16 bits per heavy atom. The molecule has 0 aromatic heterocycles. The van der Waals surface area contributed by atoms with Crippen molar-refractivity contribution in [3.05, 3.63) is 12.2 Å². The van der Waals surface area contributed by atoms with Gasteiger partial charge in [0.2, 0.25) is 0 Å². The SMILES string of the molecule is CC(=O)O[C@H](/C=C\[C@@H](C)[Si](C)(C)C)C1CCCCC1. The van der Waals surface area contributed by atoms with Crippen LogP contribution >= 0.6 is 0 Å². The van der Waals surface area contributed by atoms with Gasteiger partial charge >= 0.3 is 5.97 Å². The fourth-order valence-corrected chi connectivity index (χ4v) is 3.20. The van der Waals surface area contributed by atoms with E-state index in [1.807, 2.05) is 0 Å². The molecule has 1 saturated carbocycles. The second kappa shape index (κ2) is 7.27. The monoisotopic (exact) mass is 282 g/mol. The molecule has 0 saturated heterocycles. The van der Waals surface area contributed by atoms with Crippen molar-refractivity contribution in [1.82, 2.24) is 0 Å². The van der Waals surface area contributed by atoms with Crippen molar-refractivity contribution in [2.24, 2.45) is 5.92 Å². The van der Waals surface area contributed by atoms with Crippen LogP contribution in [0.15, 0.2) is 12.2 Å². The van der Waals surface area contributed by atoms with Gasteiger partial charge < -0.3 is 4.74 Å². The third kappa shape index (κ3) is 5.94. The molecule has 19 heavy (non-hydrogen) atoms. The molecule has 0 N–H and O–H groups in total. The zero-order valence-corrected chi connectivity index (χ0v) is 14.2. The third-order valence-electron chi connectivity index (χ3n) is 4.37. The quantitative estimate of drug-likeness (QED) is 0.412. The fourth-order valence-electron chi connectivity index (χ4n) is 2.51. The molecule has 2 atom stereocenters. The number of hydrogen-bond donors (Lipinski definition) is 0. The molecule has 2 nitrogen and oxygen atoms in total. The van der Waals surface area contributed by atoms with E-state index in [2.05, 4.69) is 38.7 Å². The molecular weight excluding hydrogens is 252 g/mol. The number of carbonyl (C=O) groups excluding carboxylic acids is 1.